The molecule has 0 aliphatic heterocycles. The van der Waals surface area contributed by atoms with Gasteiger partial charge in [-0.3, -0.25) is 4.90 Å². The fraction of sp³-hybridized carbons (Fsp3) is 0.714. The van der Waals surface area contributed by atoms with Gasteiger partial charge in [0.15, 0.2) is 0 Å². The highest BCUT2D eigenvalue weighted by Crippen LogP contribution is 2.40. The van der Waals surface area contributed by atoms with E-state index in [0.29, 0.717) is 0 Å². The Bertz CT molecular complexity index is 358. The molecule has 0 aromatic carbocycles. The van der Waals surface area contributed by atoms with Crippen LogP contribution >= 0.6 is 27.3 Å². The Labute approximate surface area is 123 Å². The summed E-state index contributed by atoms with van der Waals surface area (Å²) in [6.07, 6.45) is 1.47. The summed E-state index contributed by atoms with van der Waals surface area (Å²) in [5.74, 6) is 0. The topological polar surface area (TPSA) is 23.5 Å². The zero-order valence-electron chi connectivity index (χ0n) is 11.7. The van der Waals surface area contributed by atoms with E-state index in [1.54, 1.807) is 11.3 Å². The maximum atomic E-state index is 10.9. The minimum atomic E-state index is -0.437. The lowest BCUT2D eigenvalue weighted by molar-refractivity contribution is -0.0367. The molecule has 1 N–H and O–H groups in total. The Morgan fingerprint density at radius 1 is 1.22 bits per heavy atom. The second-order valence-corrected chi connectivity index (χ2v) is 6.16. The summed E-state index contributed by atoms with van der Waals surface area (Å²) in [6.45, 7) is 10.6. The first-order valence-electron chi connectivity index (χ1n) is 6.71. The summed E-state index contributed by atoms with van der Waals surface area (Å²) in [5, 5.41) is 15.0. The van der Waals surface area contributed by atoms with Crippen molar-refractivity contribution in [2.75, 3.05) is 13.1 Å². The second-order valence-electron chi connectivity index (χ2n) is 4.56. The van der Waals surface area contributed by atoms with Crippen LogP contribution < -0.4 is 0 Å². The van der Waals surface area contributed by atoms with Gasteiger partial charge in [-0.1, -0.05) is 27.7 Å². The number of likely N-dealkylation sites (N-methyl/N-ethyl adjacent to an activating group) is 1. The summed E-state index contributed by atoms with van der Waals surface area (Å²) in [5.41, 5.74) is 0.864. The van der Waals surface area contributed by atoms with E-state index in [0.717, 1.165) is 36.0 Å². The number of rotatable bonds is 7. The van der Waals surface area contributed by atoms with Crippen LogP contribution in [0.5, 0.6) is 0 Å². The van der Waals surface area contributed by atoms with Crippen LogP contribution in [0.25, 0.3) is 0 Å². The zero-order valence-corrected chi connectivity index (χ0v) is 14.1. The molecule has 0 aliphatic rings. The van der Waals surface area contributed by atoms with Gasteiger partial charge >= 0.3 is 0 Å². The van der Waals surface area contributed by atoms with Gasteiger partial charge < -0.3 is 5.11 Å². The van der Waals surface area contributed by atoms with Crippen molar-refractivity contribution in [2.24, 2.45) is 0 Å². The zero-order chi connectivity index (χ0) is 13.8. The number of halogens is 1. The van der Waals surface area contributed by atoms with Gasteiger partial charge in [-0.15, -0.1) is 0 Å². The second kappa shape index (κ2) is 7.04. The molecule has 0 bridgehead atoms. The lowest BCUT2D eigenvalue weighted by Crippen LogP contribution is -2.52. The monoisotopic (exact) mass is 333 g/mol. The van der Waals surface area contributed by atoms with Crippen LogP contribution in [-0.4, -0.2) is 28.6 Å². The molecule has 0 radical (unpaired) electrons. The van der Waals surface area contributed by atoms with Gasteiger partial charge in [0.2, 0.25) is 0 Å². The Hall–Kier alpha value is 0.100. The van der Waals surface area contributed by atoms with Gasteiger partial charge in [0.25, 0.3) is 0 Å². The molecule has 0 fully saturated rings. The van der Waals surface area contributed by atoms with Crippen LogP contribution in [0.3, 0.4) is 0 Å². The standard InChI is InChI=1S/C14H24BrNOS/c1-5-14(6-2,16(7-3)8-4)13(17)11-9-18-10-12(11)15/h9-10,13,17H,5-8H2,1-4H3. The fourth-order valence-electron chi connectivity index (χ4n) is 2.89. The molecule has 2 nitrogen and oxygen atoms in total. The number of aliphatic hydroxyl groups excluding tert-OH is 1. The largest absolute Gasteiger partial charge is 0.386 e. The molecule has 1 unspecified atom stereocenters. The molecular formula is C14H24BrNOS. The van der Waals surface area contributed by atoms with Crippen molar-refractivity contribution >= 4 is 27.3 Å². The van der Waals surface area contributed by atoms with Crippen LogP contribution in [-0.2, 0) is 0 Å². The van der Waals surface area contributed by atoms with Gasteiger partial charge in [0, 0.05) is 15.4 Å². The SMILES string of the molecule is CCN(CC)C(CC)(CC)C(O)c1cscc1Br. The molecule has 0 saturated heterocycles. The van der Waals surface area contributed by atoms with E-state index in [4.69, 9.17) is 0 Å². The van der Waals surface area contributed by atoms with E-state index in [1.165, 1.54) is 0 Å². The summed E-state index contributed by atoms with van der Waals surface area (Å²) >= 11 is 5.18. The number of nitrogens with zero attached hydrogens (tertiary/aromatic N) is 1. The highest BCUT2D eigenvalue weighted by atomic mass is 79.9. The highest BCUT2D eigenvalue weighted by Gasteiger charge is 2.40. The van der Waals surface area contributed by atoms with Gasteiger partial charge in [-0.05, 0) is 47.2 Å². The number of thiophene rings is 1. The quantitative estimate of drug-likeness (QED) is 0.797. The molecule has 1 aromatic rings. The van der Waals surface area contributed by atoms with Crippen molar-refractivity contribution in [3.05, 3.63) is 20.8 Å². The van der Waals surface area contributed by atoms with Crippen molar-refractivity contribution in [1.82, 2.24) is 4.90 Å². The first-order valence-corrected chi connectivity index (χ1v) is 8.45. The average Bonchev–Trinajstić information content (AvgIpc) is 2.81. The normalized spacial score (nSPS) is 14.2. The Morgan fingerprint density at radius 3 is 2.11 bits per heavy atom. The Balaban J connectivity index is 3.15. The molecule has 1 atom stereocenters. The van der Waals surface area contributed by atoms with Gasteiger partial charge in [-0.25, -0.2) is 0 Å². The van der Waals surface area contributed by atoms with E-state index in [2.05, 4.69) is 53.9 Å². The van der Waals surface area contributed by atoms with Crippen LogP contribution in [0.2, 0.25) is 0 Å². The summed E-state index contributed by atoms with van der Waals surface area (Å²) in [6, 6.07) is 0. The summed E-state index contributed by atoms with van der Waals surface area (Å²) < 4.78 is 1.03. The minimum Gasteiger partial charge on any atom is -0.386 e. The maximum Gasteiger partial charge on any atom is 0.0992 e. The lowest BCUT2D eigenvalue weighted by atomic mass is 9.81. The Kier molecular flexibility index (Phi) is 6.31. The van der Waals surface area contributed by atoms with Crippen molar-refractivity contribution in [3.63, 3.8) is 0 Å². The molecule has 18 heavy (non-hydrogen) atoms. The van der Waals surface area contributed by atoms with E-state index in [-0.39, 0.29) is 5.54 Å². The molecular weight excluding hydrogens is 310 g/mol. The number of aliphatic hydroxyl groups is 1. The number of hydrogen-bond donors (Lipinski definition) is 1. The summed E-state index contributed by atoms with van der Waals surface area (Å²) in [7, 11) is 0. The molecule has 104 valence electrons. The van der Waals surface area contributed by atoms with E-state index >= 15 is 0 Å². The molecule has 1 aromatic heterocycles. The van der Waals surface area contributed by atoms with Gasteiger partial charge in [-0.2, -0.15) is 11.3 Å². The predicted octanol–water partition coefficient (Wildman–Crippen LogP) is 4.44. The van der Waals surface area contributed by atoms with Crippen LogP contribution in [0, 0.1) is 0 Å². The lowest BCUT2D eigenvalue weighted by Gasteiger charge is -2.45. The van der Waals surface area contributed by atoms with E-state index < -0.39 is 6.10 Å². The van der Waals surface area contributed by atoms with Crippen molar-refractivity contribution < 1.29 is 5.11 Å². The maximum absolute atomic E-state index is 10.9. The molecule has 0 aliphatic carbocycles. The smallest absolute Gasteiger partial charge is 0.0992 e. The van der Waals surface area contributed by atoms with Crippen LogP contribution in [0.1, 0.15) is 52.2 Å². The molecule has 0 amide bonds. The van der Waals surface area contributed by atoms with Gasteiger partial charge in [0.1, 0.15) is 0 Å². The molecule has 1 heterocycles. The molecule has 0 spiro atoms. The van der Waals surface area contributed by atoms with Gasteiger partial charge in [0.05, 0.1) is 11.6 Å². The molecule has 0 saturated carbocycles. The molecule has 4 heteroatoms. The summed E-state index contributed by atoms with van der Waals surface area (Å²) in [4.78, 5) is 2.39. The van der Waals surface area contributed by atoms with Crippen LogP contribution in [0.4, 0.5) is 0 Å². The first kappa shape index (κ1) is 16.2. The van der Waals surface area contributed by atoms with Crippen molar-refractivity contribution in [1.29, 1.82) is 0 Å². The number of hydrogen-bond acceptors (Lipinski definition) is 3. The van der Waals surface area contributed by atoms with E-state index in [9.17, 15) is 5.11 Å². The highest BCUT2D eigenvalue weighted by molar-refractivity contribution is 9.10. The minimum absolute atomic E-state index is 0.160. The first-order chi connectivity index (χ1) is 8.57. The predicted molar refractivity (Wildman–Crippen MR) is 83.2 cm³/mol. The third kappa shape index (κ3) is 2.82. The Morgan fingerprint density at radius 2 is 1.78 bits per heavy atom. The van der Waals surface area contributed by atoms with E-state index in [1.807, 2.05) is 5.38 Å². The average molecular weight is 334 g/mol. The van der Waals surface area contributed by atoms with Crippen molar-refractivity contribution in [2.45, 2.75) is 52.2 Å². The fourth-order valence-corrected chi connectivity index (χ4v) is 4.42. The third-order valence-electron chi connectivity index (χ3n) is 4.06. The third-order valence-corrected chi connectivity index (χ3v) is 5.82. The van der Waals surface area contributed by atoms with Crippen LogP contribution in [0.15, 0.2) is 15.2 Å². The molecule has 1 rings (SSSR count). The van der Waals surface area contributed by atoms with Crippen molar-refractivity contribution in [3.8, 4) is 0 Å².